The van der Waals surface area contributed by atoms with Crippen LogP contribution in [0.2, 0.25) is 0 Å². The Morgan fingerprint density at radius 2 is 2.24 bits per heavy atom. The average Bonchev–Trinajstić information content (AvgIpc) is 2.71. The summed E-state index contributed by atoms with van der Waals surface area (Å²) in [5.74, 6) is 0. The molecule has 0 amide bonds. The molecule has 1 rings (SSSR count). The van der Waals surface area contributed by atoms with Gasteiger partial charge in [-0.1, -0.05) is 6.92 Å². The van der Waals surface area contributed by atoms with Gasteiger partial charge in [-0.3, -0.25) is 4.90 Å². The number of aliphatic hydroxyl groups is 1. The van der Waals surface area contributed by atoms with Crippen LogP contribution in [-0.2, 0) is 11.3 Å². The number of aliphatic hydroxyl groups excluding tert-OH is 1. The van der Waals surface area contributed by atoms with E-state index in [1.165, 1.54) is 4.88 Å². The molecule has 1 heterocycles. The molecule has 0 aromatic carbocycles. The van der Waals surface area contributed by atoms with Gasteiger partial charge in [0.15, 0.2) is 0 Å². The molecule has 0 saturated heterocycles. The quantitative estimate of drug-likeness (QED) is 0.799. The molecule has 0 spiro atoms. The minimum Gasteiger partial charge on any atom is -0.389 e. The van der Waals surface area contributed by atoms with Crippen LogP contribution < -0.4 is 0 Å². The van der Waals surface area contributed by atoms with Gasteiger partial charge in [0.2, 0.25) is 0 Å². The molecular formula is C12H20BrNO2S. The summed E-state index contributed by atoms with van der Waals surface area (Å²) in [6.07, 6.45) is -0.404. The van der Waals surface area contributed by atoms with Crippen LogP contribution in [0.25, 0.3) is 0 Å². The van der Waals surface area contributed by atoms with E-state index in [1.54, 1.807) is 11.3 Å². The van der Waals surface area contributed by atoms with Crippen molar-refractivity contribution >= 4 is 27.3 Å². The highest BCUT2D eigenvalue weighted by Crippen LogP contribution is 2.23. The van der Waals surface area contributed by atoms with Gasteiger partial charge in [-0.25, -0.2) is 0 Å². The van der Waals surface area contributed by atoms with Crippen molar-refractivity contribution in [3.05, 3.63) is 20.8 Å². The molecular weight excluding hydrogens is 302 g/mol. The maximum Gasteiger partial charge on any atom is 0.0900 e. The lowest BCUT2D eigenvalue weighted by atomic mass is 10.3. The second-order valence-corrected chi connectivity index (χ2v) is 6.39. The fourth-order valence-corrected chi connectivity index (χ4v) is 3.09. The van der Waals surface area contributed by atoms with Crippen LogP contribution in [0.4, 0.5) is 0 Å². The number of hydrogen-bond donors (Lipinski definition) is 1. The van der Waals surface area contributed by atoms with Crippen molar-refractivity contribution in [2.45, 2.75) is 26.5 Å². The van der Waals surface area contributed by atoms with Crippen LogP contribution >= 0.6 is 27.3 Å². The van der Waals surface area contributed by atoms with Crippen LogP contribution in [-0.4, -0.2) is 42.4 Å². The first-order chi connectivity index (χ1) is 8.15. The summed E-state index contributed by atoms with van der Waals surface area (Å²) < 4.78 is 6.36. The third-order valence-corrected chi connectivity index (χ3v) is 4.05. The van der Waals surface area contributed by atoms with E-state index in [2.05, 4.69) is 39.9 Å². The van der Waals surface area contributed by atoms with Gasteiger partial charge in [-0.15, -0.1) is 11.3 Å². The molecule has 1 unspecified atom stereocenters. The maximum absolute atomic E-state index is 9.79. The molecule has 1 N–H and O–H groups in total. The minimum atomic E-state index is -0.404. The molecule has 98 valence electrons. The number of halogens is 1. The third-order valence-electron chi connectivity index (χ3n) is 2.44. The van der Waals surface area contributed by atoms with Crippen LogP contribution in [0.3, 0.4) is 0 Å². The van der Waals surface area contributed by atoms with Gasteiger partial charge in [0.05, 0.1) is 16.5 Å². The van der Waals surface area contributed by atoms with Gasteiger partial charge in [0, 0.05) is 24.6 Å². The highest BCUT2D eigenvalue weighted by atomic mass is 79.9. The smallest absolute Gasteiger partial charge is 0.0900 e. The Morgan fingerprint density at radius 1 is 1.47 bits per heavy atom. The number of ether oxygens (including phenoxy) is 1. The molecule has 5 heteroatoms. The Hall–Kier alpha value is 0.0600. The van der Waals surface area contributed by atoms with Gasteiger partial charge in [0.25, 0.3) is 0 Å². The predicted octanol–water partition coefficient (Wildman–Crippen LogP) is 2.73. The van der Waals surface area contributed by atoms with E-state index in [4.69, 9.17) is 4.74 Å². The van der Waals surface area contributed by atoms with Crippen molar-refractivity contribution in [1.82, 2.24) is 4.90 Å². The van der Waals surface area contributed by atoms with Gasteiger partial charge < -0.3 is 9.84 Å². The summed E-state index contributed by atoms with van der Waals surface area (Å²) in [5, 5.41) is 9.79. The van der Waals surface area contributed by atoms with Gasteiger partial charge in [0.1, 0.15) is 0 Å². The first kappa shape index (κ1) is 15.1. The lowest BCUT2D eigenvalue weighted by Crippen LogP contribution is -2.34. The summed E-state index contributed by atoms with van der Waals surface area (Å²) >= 11 is 5.20. The number of likely N-dealkylation sites (N-methyl/N-ethyl adjacent to an activating group) is 1. The topological polar surface area (TPSA) is 32.7 Å². The zero-order valence-corrected chi connectivity index (χ0v) is 12.8. The number of hydrogen-bond acceptors (Lipinski definition) is 4. The van der Waals surface area contributed by atoms with E-state index < -0.39 is 6.10 Å². The molecule has 0 radical (unpaired) electrons. The zero-order chi connectivity index (χ0) is 12.7. The standard InChI is InChI=1S/C12H20BrNO2S/c1-3-14(7-10(15)9-16-4-2)8-11-5-6-12(13)17-11/h5-6,10,15H,3-4,7-9H2,1-2H3. The third kappa shape index (κ3) is 5.97. The second kappa shape index (κ2) is 8.21. The molecule has 1 atom stereocenters. The Kier molecular flexibility index (Phi) is 7.30. The molecule has 0 aliphatic rings. The molecule has 3 nitrogen and oxygen atoms in total. The Morgan fingerprint density at radius 3 is 2.76 bits per heavy atom. The highest BCUT2D eigenvalue weighted by molar-refractivity contribution is 9.11. The minimum absolute atomic E-state index is 0.404. The van der Waals surface area contributed by atoms with E-state index in [1.807, 2.05) is 6.92 Å². The van der Waals surface area contributed by atoms with Crippen molar-refractivity contribution in [3.63, 3.8) is 0 Å². The van der Waals surface area contributed by atoms with Crippen molar-refractivity contribution in [2.24, 2.45) is 0 Å². The van der Waals surface area contributed by atoms with Crippen LogP contribution in [0.5, 0.6) is 0 Å². The van der Waals surface area contributed by atoms with Crippen molar-refractivity contribution < 1.29 is 9.84 Å². The van der Waals surface area contributed by atoms with Crippen LogP contribution in [0, 0.1) is 0 Å². The second-order valence-electron chi connectivity index (χ2n) is 3.85. The summed E-state index contributed by atoms with van der Waals surface area (Å²) in [6.45, 7) is 7.59. The summed E-state index contributed by atoms with van der Waals surface area (Å²) in [7, 11) is 0. The van der Waals surface area contributed by atoms with E-state index in [0.717, 1.165) is 16.9 Å². The monoisotopic (exact) mass is 321 g/mol. The van der Waals surface area contributed by atoms with Gasteiger partial charge in [-0.2, -0.15) is 0 Å². The average molecular weight is 322 g/mol. The van der Waals surface area contributed by atoms with E-state index in [0.29, 0.717) is 19.8 Å². The first-order valence-corrected chi connectivity index (χ1v) is 7.49. The Labute approximate surface area is 116 Å². The van der Waals surface area contributed by atoms with Crippen molar-refractivity contribution in [3.8, 4) is 0 Å². The summed E-state index contributed by atoms with van der Waals surface area (Å²) in [4.78, 5) is 3.53. The molecule has 1 aromatic rings. The number of nitrogens with zero attached hydrogens (tertiary/aromatic N) is 1. The molecule has 17 heavy (non-hydrogen) atoms. The van der Waals surface area contributed by atoms with Gasteiger partial charge in [-0.05, 0) is 41.5 Å². The fourth-order valence-electron chi connectivity index (χ4n) is 1.57. The predicted molar refractivity (Wildman–Crippen MR) is 75.5 cm³/mol. The van der Waals surface area contributed by atoms with Gasteiger partial charge >= 0.3 is 0 Å². The maximum atomic E-state index is 9.79. The zero-order valence-electron chi connectivity index (χ0n) is 10.4. The van der Waals surface area contributed by atoms with E-state index in [9.17, 15) is 5.11 Å². The number of thiophene rings is 1. The SMILES string of the molecule is CCOCC(O)CN(CC)Cc1ccc(Br)s1. The van der Waals surface area contributed by atoms with Crippen LogP contribution in [0.1, 0.15) is 18.7 Å². The summed E-state index contributed by atoms with van der Waals surface area (Å²) in [5.41, 5.74) is 0. The molecule has 0 bridgehead atoms. The normalized spacial score (nSPS) is 13.2. The van der Waals surface area contributed by atoms with E-state index in [-0.39, 0.29) is 0 Å². The molecule has 0 aliphatic carbocycles. The molecule has 1 aromatic heterocycles. The van der Waals surface area contributed by atoms with E-state index >= 15 is 0 Å². The van der Waals surface area contributed by atoms with Crippen molar-refractivity contribution in [2.75, 3.05) is 26.3 Å². The lowest BCUT2D eigenvalue weighted by molar-refractivity contribution is 0.0208. The molecule has 0 aliphatic heterocycles. The number of rotatable bonds is 8. The lowest BCUT2D eigenvalue weighted by Gasteiger charge is -2.22. The first-order valence-electron chi connectivity index (χ1n) is 5.88. The Bertz CT molecular complexity index is 319. The fraction of sp³-hybridized carbons (Fsp3) is 0.667. The summed E-state index contributed by atoms with van der Waals surface area (Å²) in [6, 6.07) is 4.18. The van der Waals surface area contributed by atoms with Crippen molar-refractivity contribution in [1.29, 1.82) is 0 Å². The molecule has 0 fully saturated rings. The van der Waals surface area contributed by atoms with Crippen LogP contribution in [0.15, 0.2) is 15.9 Å². The highest BCUT2D eigenvalue weighted by Gasteiger charge is 2.11. The Balaban J connectivity index is 2.37. The molecule has 0 saturated carbocycles. The largest absolute Gasteiger partial charge is 0.389 e.